The molecule has 1 aromatic carbocycles. The third-order valence-corrected chi connectivity index (χ3v) is 5.15. The number of oxazole rings is 1. The predicted molar refractivity (Wildman–Crippen MR) is 107 cm³/mol. The summed E-state index contributed by atoms with van der Waals surface area (Å²) in [5, 5.41) is 7.55. The Kier molecular flexibility index (Phi) is 5.39. The molecule has 0 fully saturated rings. The molecule has 3 heterocycles. The Balaban J connectivity index is 1.45. The van der Waals surface area contributed by atoms with Crippen molar-refractivity contribution >= 4 is 17.4 Å². The van der Waals surface area contributed by atoms with Crippen LogP contribution in [0.3, 0.4) is 0 Å². The lowest BCUT2D eigenvalue weighted by Crippen LogP contribution is -2.39. The number of aryl methyl sites for hydroxylation is 1. The molecule has 148 valence electrons. The average Bonchev–Trinajstić information content (AvgIpc) is 3.46. The number of nitrogens with one attached hydrogen (secondary N) is 2. The maximum atomic E-state index is 13.7. The number of urea groups is 1. The van der Waals surface area contributed by atoms with Crippen molar-refractivity contribution in [3.05, 3.63) is 83.3 Å². The molecule has 2 amide bonds. The molecule has 0 unspecified atom stereocenters. The summed E-state index contributed by atoms with van der Waals surface area (Å²) < 4.78 is 21.0. The second-order valence-electron chi connectivity index (χ2n) is 6.33. The van der Waals surface area contributed by atoms with Gasteiger partial charge in [0.2, 0.25) is 5.89 Å². The monoisotopic (exact) mass is 411 g/mol. The molecule has 1 atom stereocenters. The molecule has 0 aliphatic rings. The zero-order valence-electron chi connectivity index (χ0n) is 15.5. The van der Waals surface area contributed by atoms with Crippen LogP contribution in [0.1, 0.15) is 23.1 Å². The zero-order valence-corrected chi connectivity index (χ0v) is 16.3. The fraction of sp³-hybridized carbons (Fsp3) is 0.150. The van der Waals surface area contributed by atoms with Gasteiger partial charge in [0.15, 0.2) is 0 Å². The predicted octanol–water partition coefficient (Wildman–Crippen LogP) is 3.86. The van der Waals surface area contributed by atoms with Crippen LogP contribution in [0.4, 0.5) is 9.18 Å². The van der Waals surface area contributed by atoms with Gasteiger partial charge in [0, 0.05) is 19.4 Å². The first-order chi connectivity index (χ1) is 14.1. The molecule has 4 aromatic rings. The minimum Gasteiger partial charge on any atom is -0.443 e. The number of thiophene rings is 1. The highest BCUT2D eigenvalue weighted by Crippen LogP contribution is 2.24. The van der Waals surface area contributed by atoms with Crippen LogP contribution in [0.25, 0.3) is 10.8 Å². The van der Waals surface area contributed by atoms with E-state index in [2.05, 4.69) is 20.6 Å². The Morgan fingerprint density at radius 3 is 2.97 bits per heavy atom. The summed E-state index contributed by atoms with van der Waals surface area (Å²) in [5.41, 5.74) is 1.19. The van der Waals surface area contributed by atoms with Crippen molar-refractivity contribution < 1.29 is 13.6 Å². The molecular weight excluding hydrogens is 393 g/mol. The number of imidazole rings is 1. The summed E-state index contributed by atoms with van der Waals surface area (Å²) in [6.07, 6.45) is 4.91. The topological polar surface area (TPSA) is 85.0 Å². The quantitative estimate of drug-likeness (QED) is 0.505. The van der Waals surface area contributed by atoms with Crippen molar-refractivity contribution in [2.75, 3.05) is 0 Å². The molecule has 7 nitrogen and oxygen atoms in total. The van der Waals surface area contributed by atoms with Gasteiger partial charge in [0.1, 0.15) is 23.9 Å². The normalized spacial score (nSPS) is 11.9. The Hall–Kier alpha value is -3.46. The first-order valence-electron chi connectivity index (χ1n) is 8.85. The molecule has 0 saturated heterocycles. The largest absolute Gasteiger partial charge is 0.443 e. The smallest absolute Gasteiger partial charge is 0.315 e. The van der Waals surface area contributed by atoms with E-state index in [1.165, 1.54) is 29.7 Å². The van der Waals surface area contributed by atoms with Gasteiger partial charge in [-0.05, 0) is 29.1 Å². The molecule has 0 bridgehead atoms. The number of halogens is 1. The van der Waals surface area contributed by atoms with Crippen molar-refractivity contribution in [3.63, 3.8) is 0 Å². The van der Waals surface area contributed by atoms with Crippen LogP contribution in [0.15, 0.2) is 64.9 Å². The molecule has 0 saturated carbocycles. The van der Waals surface area contributed by atoms with Crippen LogP contribution in [-0.2, 0) is 13.6 Å². The summed E-state index contributed by atoms with van der Waals surface area (Å²) in [6, 6.07) is 8.87. The van der Waals surface area contributed by atoms with Crippen molar-refractivity contribution in [3.8, 4) is 10.8 Å². The number of hydrogen-bond donors (Lipinski definition) is 2. The maximum Gasteiger partial charge on any atom is 0.315 e. The van der Waals surface area contributed by atoms with E-state index in [1.807, 2.05) is 24.6 Å². The van der Waals surface area contributed by atoms with E-state index in [4.69, 9.17) is 4.42 Å². The SMILES string of the molecule is Cn1ccnc1[C@H](NC(=O)NCc1coc(-c2cccs2)n1)c1cccc(F)c1. The van der Waals surface area contributed by atoms with Gasteiger partial charge in [0.05, 0.1) is 17.1 Å². The molecule has 4 rings (SSSR count). The number of rotatable bonds is 6. The number of aromatic nitrogens is 3. The summed E-state index contributed by atoms with van der Waals surface area (Å²) in [4.78, 5) is 22.1. The third kappa shape index (κ3) is 4.35. The summed E-state index contributed by atoms with van der Waals surface area (Å²) in [7, 11) is 1.82. The number of hydrogen-bond acceptors (Lipinski definition) is 5. The van der Waals surface area contributed by atoms with E-state index in [0.717, 1.165) is 4.88 Å². The van der Waals surface area contributed by atoms with Gasteiger partial charge in [-0.1, -0.05) is 18.2 Å². The number of carbonyl (C=O) groups excluding carboxylic acids is 1. The van der Waals surface area contributed by atoms with E-state index in [9.17, 15) is 9.18 Å². The van der Waals surface area contributed by atoms with Gasteiger partial charge in [-0.15, -0.1) is 11.3 Å². The van der Waals surface area contributed by atoms with Gasteiger partial charge >= 0.3 is 6.03 Å². The standard InChI is InChI=1S/C20H18FN5O2S/c1-26-8-7-22-18(26)17(13-4-2-5-14(21)10-13)25-20(27)23-11-15-12-28-19(24-15)16-6-3-9-29-16/h2-10,12,17H,11H2,1H3,(H2,23,25,27)/t17-/m1/s1. The van der Waals surface area contributed by atoms with Crippen LogP contribution in [-0.4, -0.2) is 20.6 Å². The molecule has 0 aliphatic carbocycles. The number of carbonyl (C=O) groups is 1. The van der Waals surface area contributed by atoms with Crippen molar-refractivity contribution in [2.24, 2.45) is 7.05 Å². The van der Waals surface area contributed by atoms with Gasteiger partial charge in [0.25, 0.3) is 0 Å². The van der Waals surface area contributed by atoms with Crippen LogP contribution >= 0.6 is 11.3 Å². The highest BCUT2D eigenvalue weighted by molar-refractivity contribution is 7.13. The van der Waals surface area contributed by atoms with E-state index in [1.54, 1.807) is 29.1 Å². The van der Waals surface area contributed by atoms with Crippen molar-refractivity contribution in [2.45, 2.75) is 12.6 Å². The molecule has 3 aromatic heterocycles. The van der Waals surface area contributed by atoms with Crippen molar-refractivity contribution in [1.29, 1.82) is 0 Å². The molecule has 2 N–H and O–H groups in total. The maximum absolute atomic E-state index is 13.7. The number of nitrogens with zero attached hydrogens (tertiary/aromatic N) is 3. The molecule has 29 heavy (non-hydrogen) atoms. The van der Waals surface area contributed by atoms with Crippen LogP contribution in [0.2, 0.25) is 0 Å². The lowest BCUT2D eigenvalue weighted by molar-refractivity contribution is 0.237. The average molecular weight is 411 g/mol. The Bertz CT molecular complexity index is 1110. The molecule has 9 heteroatoms. The van der Waals surface area contributed by atoms with Crippen LogP contribution in [0.5, 0.6) is 0 Å². The molecule has 0 spiro atoms. The fourth-order valence-corrected chi connectivity index (χ4v) is 3.55. The Morgan fingerprint density at radius 1 is 1.34 bits per heavy atom. The van der Waals surface area contributed by atoms with E-state index in [-0.39, 0.29) is 12.4 Å². The molecule has 0 aliphatic heterocycles. The van der Waals surface area contributed by atoms with Gasteiger partial charge in [-0.3, -0.25) is 0 Å². The minimum atomic E-state index is -0.607. The highest BCUT2D eigenvalue weighted by Gasteiger charge is 2.21. The van der Waals surface area contributed by atoms with E-state index in [0.29, 0.717) is 23.0 Å². The van der Waals surface area contributed by atoms with Gasteiger partial charge < -0.3 is 19.6 Å². The Morgan fingerprint density at radius 2 is 2.24 bits per heavy atom. The second kappa shape index (κ2) is 8.27. The van der Waals surface area contributed by atoms with Gasteiger partial charge in [-0.25, -0.2) is 19.2 Å². The van der Waals surface area contributed by atoms with Gasteiger partial charge in [-0.2, -0.15) is 0 Å². The van der Waals surface area contributed by atoms with E-state index >= 15 is 0 Å². The van der Waals surface area contributed by atoms with Crippen LogP contribution in [0, 0.1) is 5.82 Å². The summed E-state index contributed by atoms with van der Waals surface area (Å²) in [6.45, 7) is 0.192. The Labute approximate surface area is 170 Å². The first-order valence-corrected chi connectivity index (χ1v) is 9.73. The highest BCUT2D eigenvalue weighted by atomic mass is 32.1. The van der Waals surface area contributed by atoms with Crippen LogP contribution < -0.4 is 10.6 Å². The number of benzene rings is 1. The summed E-state index contributed by atoms with van der Waals surface area (Å²) >= 11 is 1.52. The lowest BCUT2D eigenvalue weighted by atomic mass is 10.1. The lowest BCUT2D eigenvalue weighted by Gasteiger charge is -2.19. The second-order valence-corrected chi connectivity index (χ2v) is 7.28. The fourth-order valence-electron chi connectivity index (χ4n) is 2.89. The zero-order chi connectivity index (χ0) is 20.2. The minimum absolute atomic E-state index is 0.192. The molecular formula is C20H18FN5O2S. The molecule has 0 radical (unpaired) electrons. The summed E-state index contributed by atoms with van der Waals surface area (Å²) in [5.74, 6) is 0.725. The van der Waals surface area contributed by atoms with E-state index < -0.39 is 12.1 Å². The third-order valence-electron chi connectivity index (χ3n) is 4.29. The number of amides is 2. The van der Waals surface area contributed by atoms with Crippen molar-refractivity contribution in [1.82, 2.24) is 25.2 Å². The first kappa shape index (κ1) is 18.9.